The molecule has 0 spiro atoms. The number of anilines is 1. The van der Waals surface area contributed by atoms with E-state index < -0.39 is 17.8 Å². The minimum atomic E-state index is -0.897. The summed E-state index contributed by atoms with van der Waals surface area (Å²) in [7, 11) is 0. The topological polar surface area (TPSA) is 128 Å². The van der Waals surface area contributed by atoms with Gasteiger partial charge in [-0.15, -0.1) is 0 Å². The monoisotopic (exact) mass is 408 g/mol. The van der Waals surface area contributed by atoms with Gasteiger partial charge in [0.15, 0.2) is 6.54 Å². The minimum Gasteiger partial charge on any atom is -0.462 e. The fourth-order valence-electron chi connectivity index (χ4n) is 2.70. The van der Waals surface area contributed by atoms with E-state index in [1.165, 1.54) is 6.92 Å². The largest absolute Gasteiger partial charge is 0.462 e. The normalized spacial score (nSPS) is 11.7. The maximum absolute atomic E-state index is 12.3. The molecule has 2 amide bonds. The van der Waals surface area contributed by atoms with Crippen molar-refractivity contribution in [1.29, 1.82) is 0 Å². The third-order valence-corrected chi connectivity index (χ3v) is 4.33. The Morgan fingerprint density at radius 1 is 1.32 bits per heavy atom. The van der Waals surface area contributed by atoms with Crippen LogP contribution in [0.3, 0.4) is 0 Å². The van der Waals surface area contributed by atoms with E-state index in [0.717, 1.165) is 5.56 Å². The van der Waals surface area contributed by atoms with Gasteiger partial charge in [0.1, 0.15) is 22.9 Å². The number of quaternary nitrogens is 1. The number of rotatable bonds is 8. The summed E-state index contributed by atoms with van der Waals surface area (Å²) in [5.74, 6) is -2.08. The van der Waals surface area contributed by atoms with Crippen LogP contribution in [0.4, 0.5) is 5.88 Å². The van der Waals surface area contributed by atoms with Crippen molar-refractivity contribution in [2.45, 2.75) is 26.8 Å². The molecule has 1 aromatic heterocycles. The van der Waals surface area contributed by atoms with E-state index in [2.05, 4.69) is 5.32 Å². The molecule has 0 aliphatic carbocycles. The first-order chi connectivity index (χ1) is 13.2. The first-order valence-corrected chi connectivity index (χ1v) is 9.11. The highest BCUT2D eigenvalue weighted by Gasteiger charge is 2.29. The molecule has 1 atom stereocenters. The molecule has 1 heterocycles. The molecular weight excluding hydrogens is 386 g/mol. The highest BCUT2D eigenvalue weighted by Crippen LogP contribution is 2.27. The number of carbonyl (C=O) groups is 3. The summed E-state index contributed by atoms with van der Waals surface area (Å²) in [5, 5.41) is 4.91. The lowest BCUT2D eigenvalue weighted by molar-refractivity contribution is -0.682. The van der Waals surface area contributed by atoms with Crippen LogP contribution in [0.25, 0.3) is 0 Å². The van der Waals surface area contributed by atoms with Crippen molar-refractivity contribution < 1.29 is 28.9 Å². The molecule has 0 aliphatic rings. The molecule has 8 nitrogen and oxygen atoms in total. The van der Waals surface area contributed by atoms with E-state index in [9.17, 15) is 14.4 Å². The molecule has 150 valence electrons. The number of halogens is 1. The number of hydrogen-bond donors (Lipinski definition) is 3. The zero-order valence-electron chi connectivity index (χ0n) is 15.9. The Bertz CT molecular complexity index is 894. The molecule has 1 aromatic carbocycles. The smallest absolute Gasteiger partial charge is 0.342 e. The lowest BCUT2D eigenvalue weighted by atomic mass is 10.1. The zero-order chi connectivity index (χ0) is 20.8. The van der Waals surface area contributed by atoms with Gasteiger partial charge in [-0.05, 0) is 32.9 Å². The Balaban J connectivity index is 2.10. The van der Waals surface area contributed by atoms with E-state index in [1.54, 1.807) is 18.3 Å². The van der Waals surface area contributed by atoms with Gasteiger partial charge in [0.2, 0.25) is 5.88 Å². The Labute approximate surface area is 167 Å². The van der Waals surface area contributed by atoms with E-state index in [1.807, 2.05) is 25.1 Å². The van der Waals surface area contributed by atoms with Crippen LogP contribution in [0.15, 0.2) is 28.7 Å². The molecular formula is C19H23ClN3O5+. The van der Waals surface area contributed by atoms with Crippen molar-refractivity contribution in [3.05, 3.63) is 51.7 Å². The van der Waals surface area contributed by atoms with Crippen molar-refractivity contribution in [2.75, 3.05) is 18.5 Å². The van der Waals surface area contributed by atoms with Crippen LogP contribution < -0.4 is 16.4 Å². The SMILES string of the molecule is CCOC(=O)c1c(C)oc(NC(=O)C[NH2+][C@@H](C)c2cccc(Cl)c2)c1C(N)=O. The fraction of sp³-hybridized carbons (Fsp3) is 0.316. The van der Waals surface area contributed by atoms with Crippen LogP contribution in [0.2, 0.25) is 5.02 Å². The van der Waals surface area contributed by atoms with Gasteiger partial charge in [0.05, 0.1) is 6.61 Å². The second-order valence-electron chi connectivity index (χ2n) is 6.15. The van der Waals surface area contributed by atoms with Crippen molar-refractivity contribution in [1.82, 2.24) is 0 Å². The summed E-state index contributed by atoms with van der Waals surface area (Å²) >= 11 is 5.98. The minimum absolute atomic E-state index is 0.0199. The van der Waals surface area contributed by atoms with Gasteiger partial charge >= 0.3 is 5.97 Å². The highest BCUT2D eigenvalue weighted by molar-refractivity contribution is 6.30. The summed E-state index contributed by atoms with van der Waals surface area (Å²) in [6, 6.07) is 7.33. The highest BCUT2D eigenvalue weighted by atomic mass is 35.5. The molecule has 0 radical (unpaired) electrons. The van der Waals surface area contributed by atoms with Gasteiger partial charge in [-0.2, -0.15) is 0 Å². The molecule has 2 rings (SSSR count). The summed E-state index contributed by atoms with van der Waals surface area (Å²) in [6.07, 6.45) is 0. The molecule has 0 bridgehead atoms. The summed E-state index contributed by atoms with van der Waals surface area (Å²) in [5.41, 5.74) is 6.06. The number of carbonyl (C=O) groups excluding carboxylic acids is 3. The van der Waals surface area contributed by atoms with E-state index in [4.69, 9.17) is 26.5 Å². The number of nitrogens with two attached hydrogens (primary N) is 2. The van der Waals surface area contributed by atoms with Crippen LogP contribution in [-0.2, 0) is 9.53 Å². The Hall–Kier alpha value is -2.84. The lowest BCUT2D eigenvalue weighted by Gasteiger charge is -2.11. The predicted octanol–water partition coefficient (Wildman–Crippen LogP) is 1.78. The van der Waals surface area contributed by atoms with Crippen molar-refractivity contribution in [3.8, 4) is 0 Å². The molecule has 0 fully saturated rings. The number of aryl methyl sites for hydroxylation is 1. The van der Waals surface area contributed by atoms with Gasteiger partial charge in [0, 0.05) is 10.6 Å². The molecule has 0 saturated carbocycles. The lowest BCUT2D eigenvalue weighted by Crippen LogP contribution is -2.86. The third kappa shape index (κ3) is 5.11. The van der Waals surface area contributed by atoms with Crippen LogP contribution in [0, 0.1) is 6.92 Å². The molecule has 5 N–H and O–H groups in total. The van der Waals surface area contributed by atoms with Gasteiger partial charge in [0.25, 0.3) is 11.8 Å². The second kappa shape index (κ2) is 9.38. The maximum Gasteiger partial charge on any atom is 0.342 e. The number of benzene rings is 1. The first kappa shape index (κ1) is 21.5. The van der Waals surface area contributed by atoms with Crippen molar-refractivity contribution in [3.63, 3.8) is 0 Å². The van der Waals surface area contributed by atoms with E-state index in [-0.39, 0.29) is 42.0 Å². The van der Waals surface area contributed by atoms with Crippen LogP contribution >= 0.6 is 11.6 Å². The van der Waals surface area contributed by atoms with Gasteiger partial charge in [-0.25, -0.2) is 4.79 Å². The molecule has 0 unspecified atom stereocenters. The number of primary amides is 1. The van der Waals surface area contributed by atoms with Crippen LogP contribution in [-0.4, -0.2) is 30.9 Å². The number of ether oxygens (including phenoxy) is 1. The summed E-state index contributed by atoms with van der Waals surface area (Å²) in [6.45, 7) is 5.24. The van der Waals surface area contributed by atoms with Gasteiger partial charge < -0.3 is 20.2 Å². The number of nitrogens with one attached hydrogen (secondary N) is 1. The maximum atomic E-state index is 12.3. The number of esters is 1. The Morgan fingerprint density at radius 2 is 2.04 bits per heavy atom. The van der Waals surface area contributed by atoms with Crippen molar-refractivity contribution in [2.24, 2.45) is 5.73 Å². The molecule has 9 heteroatoms. The average Bonchev–Trinajstić information content (AvgIpc) is 2.95. The van der Waals surface area contributed by atoms with Crippen LogP contribution in [0.5, 0.6) is 0 Å². The van der Waals surface area contributed by atoms with Crippen molar-refractivity contribution >= 4 is 35.3 Å². The zero-order valence-corrected chi connectivity index (χ0v) is 16.6. The number of furan rings is 1. The summed E-state index contributed by atoms with van der Waals surface area (Å²) < 4.78 is 10.3. The molecule has 28 heavy (non-hydrogen) atoms. The van der Waals surface area contributed by atoms with Gasteiger partial charge in [-0.3, -0.25) is 14.9 Å². The van der Waals surface area contributed by atoms with Gasteiger partial charge in [-0.1, -0.05) is 23.7 Å². The summed E-state index contributed by atoms with van der Waals surface area (Å²) in [4.78, 5) is 36.2. The molecule has 0 aliphatic heterocycles. The standard InChI is InChI=1S/C19H22ClN3O5/c1-4-27-19(26)15-11(3)28-18(16(15)17(21)25)23-14(24)9-22-10(2)12-6-5-7-13(20)8-12/h5-8,10,22H,4,9H2,1-3H3,(H2,21,25)(H,23,24)/p+1/t10-/m0/s1. The van der Waals surface area contributed by atoms with Crippen LogP contribution in [0.1, 0.15) is 51.9 Å². The quantitative estimate of drug-likeness (QED) is 0.573. The van der Waals surface area contributed by atoms with E-state index in [0.29, 0.717) is 5.02 Å². The third-order valence-electron chi connectivity index (χ3n) is 4.09. The van der Waals surface area contributed by atoms with E-state index >= 15 is 0 Å². The number of hydrogen-bond acceptors (Lipinski definition) is 5. The average molecular weight is 409 g/mol. The predicted molar refractivity (Wildman–Crippen MR) is 103 cm³/mol. The second-order valence-corrected chi connectivity index (χ2v) is 6.59. The number of amides is 2. The fourth-order valence-corrected chi connectivity index (χ4v) is 2.90. The molecule has 2 aromatic rings. The Morgan fingerprint density at radius 3 is 2.64 bits per heavy atom. The first-order valence-electron chi connectivity index (χ1n) is 8.73. The molecule has 0 saturated heterocycles. The Kier molecular flexibility index (Phi) is 7.19.